The minimum absolute atomic E-state index is 0. The molecule has 0 spiro atoms. The third kappa shape index (κ3) is 9.25. The topological polar surface area (TPSA) is 49.9 Å². The van der Waals surface area contributed by atoms with Crippen LogP contribution in [0, 0.1) is 5.41 Å². The highest BCUT2D eigenvalue weighted by molar-refractivity contribution is 5.85. The molecule has 0 unspecified atom stereocenters. The number of amidine groups is 1. The van der Waals surface area contributed by atoms with Crippen molar-refractivity contribution in [2.75, 3.05) is 0 Å². The van der Waals surface area contributed by atoms with Crippen LogP contribution in [0.3, 0.4) is 0 Å². The Morgan fingerprint density at radius 2 is 2.00 bits per heavy atom. The van der Waals surface area contributed by atoms with E-state index in [2.05, 4.69) is 0 Å². The molecule has 0 aromatic rings. The van der Waals surface area contributed by atoms with Gasteiger partial charge in [0.15, 0.2) is 0 Å². The maximum absolute atomic E-state index is 6.52. The van der Waals surface area contributed by atoms with Crippen molar-refractivity contribution in [3.8, 4) is 0 Å². The summed E-state index contributed by atoms with van der Waals surface area (Å²) in [5, 5.41) is 6.52. The predicted molar refractivity (Wildman–Crippen MR) is 29.5 cm³/mol. The summed E-state index contributed by atoms with van der Waals surface area (Å²) in [6.45, 7) is 1.85. The van der Waals surface area contributed by atoms with Gasteiger partial charge in [0.05, 0.1) is 5.84 Å². The molecule has 0 aliphatic carbocycles. The summed E-state index contributed by atoms with van der Waals surface area (Å²) in [6, 6.07) is 0. The fraction of sp³-hybridized carbons (Fsp3) is 0.667. The van der Waals surface area contributed by atoms with Crippen LogP contribution in [0.1, 0.15) is 13.3 Å². The van der Waals surface area contributed by atoms with Crippen molar-refractivity contribution in [3.05, 3.63) is 0 Å². The van der Waals surface area contributed by atoms with Crippen LogP contribution in [0.2, 0.25) is 0 Å². The third-order valence-electron chi connectivity index (χ3n) is 0.381. The monoisotopic (exact) mass is 108 g/mol. The first-order chi connectivity index (χ1) is 2.27. The van der Waals surface area contributed by atoms with Crippen LogP contribution in [0.4, 0.5) is 0 Å². The molecule has 0 saturated carbocycles. The average molecular weight is 109 g/mol. The fourth-order valence-electron chi connectivity index (χ4n) is 0. The van der Waals surface area contributed by atoms with Crippen molar-refractivity contribution in [1.82, 2.24) is 0 Å². The first-order valence-corrected chi connectivity index (χ1v) is 1.60. The summed E-state index contributed by atoms with van der Waals surface area (Å²) < 4.78 is 0. The van der Waals surface area contributed by atoms with Crippen LogP contribution in [0.25, 0.3) is 0 Å². The smallest absolute Gasteiger partial charge is 0.0902 e. The van der Waals surface area contributed by atoms with E-state index in [-0.39, 0.29) is 18.2 Å². The van der Waals surface area contributed by atoms with Gasteiger partial charge in [-0.25, -0.2) is 0 Å². The molecule has 38 valence electrons. The molecule has 6 heavy (non-hydrogen) atoms. The van der Waals surface area contributed by atoms with Crippen molar-refractivity contribution in [2.24, 2.45) is 5.73 Å². The summed E-state index contributed by atoms with van der Waals surface area (Å²) in [5.74, 6) is 0.255. The second-order valence-electron chi connectivity index (χ2n) is 0.879. The zero-order valence-electron chi connectivity index (χ0n) is 3.69. The van der Waals surface area contributed by atoms with E-state index < -0.39 is 0 Å². The van der Waals surface area contributed by atoms with E-state index in [4.69, 9.17) is 11.1 Å². The van der Waals surface area contributed by atoms with Gasteiger partial charge in [0.1, 0.15) is 0 Å². The number of halogens is 1. The van der Waals surface area contributed by atoms with Gasteiger partial charge in [-0.1, -0.05) is 6.92 Å². The third-order valence-corrected chi connectivity index (χ3v) is 0.381. The van der Waals surface area contributed by atoms with Gasteiger partial charge in [-0.15, -0.1) is 12.4 Å². The van der Waals surface area contributed by atoms with E-state index in [1.807, 2.05) is 6.92 Å². The van der Waals surface area contributed by atoms with Crippen LogP contribution in [-0.2, 0) is 0 Å². The normalized spacial score (nSPS) is 6.17. The highest BCUT2D eigenvalue weighted by Gasteiger charge is 1.70. The predicted octanol–water partition coefficient (Wildman–Crippen LogP) is 0.754. The van der Waals surface area contributed by atoms with E-state index in [1.165, 1.54) is 0 Å². The molecule has 0 atom stereocenters. The van der Waals surface area contributed by atoms with E-state index >= 15 is 0 Å². The van der Waals surface area contributed by atoms with Crippen LogP contribution in [0.5, 0.6) is 0 Å². The highest BCUT2D eigenvalue weighted by atomic mass is 35.5. The molecule has 0 saturated heterocycles. The van der Waals surface area contributed by atoms with Crippen LogP contribution in [0.15, 0.2) is 0 Å². The zero-order chi connectivity index (χ0) is 4.28. The van der Waals surface area contributed by atoms with Gasteiger partial charge < -0.3 is 5.73 Å². The van der Waals surface area contributed by atoms with Gasteiger partial charge in [0.2, 0.25) is 0 Å². The van der Waals surface area contributed by atoms with Gasteiger partial charge in [-0.05, 0) is 0 Å². The second kappa shape index (κ2) is 4.76. The van der Waals surface area contributed by atoms with Gasteiger partial charge >= 0.3 is 0 Å². The number of nitrogens with two attached hydrogens (primary N) is 1. The van der Waals surface area contributed by atoms with Crippen molar-refractivity contribution in [1.29, 1.82) is 5.41 Å². The minimum atomic E-state index is 0. The molecule has 0 bridgehead atoms. The Labute approximate surface area is 43.6 Å². The van der Waals surface area contributed by atoms with Crippen molar-refractivity contribution >= 4 is 18.2 Å². The molecule has 0 aliphatic heterocycles. The molecule has 3 N–H and O–H groups in total. The molecule has 0 fully saturated rings. The molecule has 0 radical (unpaired) electrons. The Balaban J connectivity index is 0. The van der Waals surface area contributed by atoms with Crippen molar-refractivity contribution in [2.45, 2.75) is 13.3 Å². The Morgan fingerprint density at radius 1 is 1.83 bits per heavy atom. The van der Waals surface area contributed by atoms with E-state index in [1.54, 1.807) is 0 Å². The summed E-state index contributed by atoms with van der Waals surface area (Å²) in [4.78, 5) is 0. The lowest BCUT2D eigenvalue weighted by Gasteiger charge is -1.79. The molecular weight excluding hydrogens is 99.5 g/mol. The number of rotatable bonds is 1. The maximum Gasteiger partial charge on any atom is 0.0902 e. The lowest BCUT2D eigenvalue weighted by atomic mass is 10.5. The number of hydrogen-bond acceptors (Lipinski definition) is 1. The molecular formula is C3H9ClN2. The van der Waals surface area contributed by atoms with E-state index in [9.17, 15) is 0 Å². The molecule has 0 aliphatic rings. The Bertz CT molecular complexity index is 44.1. The van der Waals surface area contributed by atoms with Crippen LogP contribution in [-0.4, -0.2) is 5.84 Å². The molecule has 0 rings (SSSR count). The van der Waals surface area contributed by atoms with Gasteiger partial charge in [0.25, 0.3) is 0 Å². The zero-order valence-corrected chi connectivity index (χ0v) is 4.51. The van der Waals surface area contributed by atoms with Gasteiger partial charge in [0, 0.05) is 6.42 Å². The van der Waals surface area contributed by atoms with Crippen LogP contribution >= 0.6 is 12.4 Å². The largest absolute Gasteiger partial charge is 0.388 e. The summed E-state index contributed by atoms with van der Waals surface area (Å²) in [5.41, 5.74) is 4.88. The number of hydrogen-bond donors (Lipinski definition) is 2. The molecule has 0 aromatic heterocycles. The fourth-order valence-corrected chi connectivity index (χ4v) is 0. The van der Waals surface area contributed by atoms with Gasteiger partial charge in [-0.3, -0.25) is 5.41 Å². The van der Waals surface area contributed by atoms with Crippen molar-refractivity contribution < 1.29 is 0 Å². The van der Waals surface area contributed by atoms with E-state index in [0.717, 1.165) is 0 Å². The van der Waals surface area contributed by atoms with E-state index in [0.29, 0.717) is 6.42 Å². The Kier molecular flexibility index (Phi) is 7.32. The van der Waals surface area contributed by atoms with Crippen LogP contribution < -0.4 is 5.73 Å². The summed E-state index contributed by atoms with van der Waals surface area (Å²) in [6.07, 6.45) is 0.667. The quantitative estimate of drug-likeness (QED) is 0.378. The first-order valence-electron chi connectivity index (χ1n) is 1.60. The summed E-state index contributed by atoms with van der Waals surface area (Å²) >= 11 is 0. The number of nitrogens with one attached hydrogen (secondary N) is 1. The lowest BCUT2D eigenvalue weighted by Crippen LogP contribution is -2.05. The molecule has 2 nitrogen and oxygen atoms in total. The van der Waals surface area contributed by atoms with Gasteiger partial charge in [-0.2, -0.15) is 0 Å². The molecule has 0 aromatic carbocycles. The molecule has 0 heterocycles. The Morgan fingerprint density at radius 3 is 2.00 bits per heavy atom. The average Bonchev–Trinajstić information content (AvgIpc) is 1.38. The lowest BCUT2D eigenvalue weighted by molar-refractivity contribution is 1.21. The molecule has 3 heteroatoms. The minimum Gasteiger partial charge on any atom is -0.388 e. The molecule has 0 amide bonds. The SMILES string of the molecule is CCC(=N)N.Cl. The second-order valence-corrected chi connectivity index (χ2v) is 0.879. The maximum atomic E-state index is 6.52. The first kappa shape index (κ1) is 9.23. The summed E-state index contributed by atoms with van der Waals surface area (Å²) in [7, 11) is 0. The Hall–Kier alpha value is -0.240. The highest BCUT2D eigenvalue weighted by Crippen LogP contribution is 1.64. The van der Waals surface area contributed by atoms with Crippen molar-refractivity contribution in [3.63, 3.8) is 0 Å². The standard InChI is InChI=1S/C3H8N2.ClH/c1-2-3(4)5;/h2H2,1H3,(H3,4,5);1H.